The van der Waals surface area contributed by atoms with Gasteiger partial charge in [0.25, 0.3) is 0 Å². The molecule has 0 atom stereocenters. The van der Waals surface area contributed by atoms with E-state index in [0.717, 1.165) is 5.56 Å². The summed E-state index contributed by atoms with van der Waals surface area (Å²) in [5, 5.41) is 0.889. The van der Waals surface area contributed by atoms with E-state index in [0.29, 0.717) is 33.3 Å². The summed E-state index contributed by atoms with van der Waals surface area (Å²) in [6, 6.07) is 10.1. The summed E-state index contributed by atoms with van der Waals surface area (Å²) in [6.45, 7) is 1.77. The van der Waals surface area contributed by atoms with E-state index in [2.05, 4.69) is 0 Å². The minimum atomic E-state index is -0.484. The molecule has 3 aromatic rings. The average molecular weight is 336 g/mol. The molecule has 0 aliphatic carbocycles. The first-order chi connectivity index (χ1) is 10.5. The number of Topliss-reactive ketones (excluding diaryl/α,β-unsaturated/α-hetero) is 1. The first kappa shape index (κ1) is 14.9. The maximum Gasteiger partial charge on any atom is 0.420 e. The van der Waals surface area contributed by atoms with Crippen molar-refractivity contribution < 1.29 is 9.21 Å². The Bertz CT molecular complexity index is 940. The van der Waals surface area contributed by atoms with Gasteiger partial charge in [0.2, 0.25) is 0 Å². The Morgan fingerprint density at radius 3 is 2.59 bits per heavy atom. The zero-order chi connectivity index (χ0) is 15.9. The van der Waals surface area contributed by atoms with Crippen molar-refractivity contribution in [2.75, 3.05) is 0 Å². The Morgan fingerprint density at radius 2 is 1.91 bits per heavy atom. The van der Waals surface area contributed by atoms with Crippen LogP contribution in [-0.2, 0) is 6.54 Å². The maximum absolute atomic E-state index is 12.0. The van der Waals surface area contributed by atoms with E-state index in [1.807, 2.05) is 0 Å². The molecule has 6 heteroatoms. The van der Waals surface area contributed by atoms with Crippen molar-refractivity contribution in [3.63, 3.8) is 0 Å². The van der Waals surface area contributed by atoms with Crippen LogP contribution in [0.2, 0.25) is 10.0 Å². The average Bonchev–Trinajstić information content (AvgIpc) is 2.78. The molecule has 0 saturated carbocycles. The van der Waals surface area contributed by atoms with Gasteiger partial charge in [-0.15, -0.1) is 0 Å². The van der Waals surface area contributed by atoms with Gasteiger partial charge in [-0.05, 0) is 42.8 Å². The molecule has 0 spiro atoms. The van der Waals surface area contributed by atoms with E-state index in [1.165, 1.54) is 11.5 Å². The van der Waals surface area contributed by atoms with Crippen LogP contribution in [0.25, 0.3) is 11.1 Å². The van der Waals surface area contributed by atoms with E-state index in [1.54, 1.807) is 36.4 Å². The lowest BCUT2D eigenvalue weighted by atomic mass is 10.1. The van der Waals surface area contributed by atoms with Gasteiger partial charge in [0.15, 0.2) is 11.4 Å². The Labute approximate surface area is 135 Å². The first-order valence-electron chi connectivity index (χ1n) is 6.54. The van der Waals surface area contributed by atoms with Crippen LogP contribution in [-0.4, -0.2) is 10.4 Å². The zero-order valence-corrected chi connectivity index (χ0v) is 13.1. The van der Waals surface area contributed by atoms with Crippen molar-refractivity contribution >= 4 is 40.1 Å². The van der Waals surface area contributed by atoms with Crippen molar-refractivity contribution in [2.45, 2.75) is 13.5 Å². The molecule has 0 fully saturated rings. The van der Waals surface area contributed by atoms with Crippen LogP contribution in [0.15, 0.2) is 45.6 Å². The molecule has 112 valence electrons. The molecule has 1 aromatic heterocycles. The molecular weight excluding hydrogens is 325 g/mol. The van der Waals surface area contributed by atoms with Crippen LogP contribution in [0.5, 0.6) is 0 Å². The van der Waals surface area contributed by atoms with Crippen LogP contribution >= 0.6 is 23.2 Å². The number of rotatable bonds is 3. The Hall–Kier alpha value is -2.04. The Kier molecular flexibility index (Phi) is 3.81. The SMILES string of the molecule is CC(=O)c1ccc2c(c1)oc(=O)n2Cc1ccc(Cl)c(Cl)c1. The smallest absolute Gasteiger partial charge is 0.408 e. The fourth-order valence-corrected chi connectivity index (χ4v) is 2.58. The van der Waals surface area contributed by atoms with Gasteiger partial charge in [0.05, 0.1) is 22.1 Å². The molecule has 0 saturated heterocycles. The first-order valence-corrected chi connectivity index (χ1v) is 7.29. The van der Waals surface area contributed by atoms with E-state index < -0.39 is 5.76 Å². The number of oxazole rings is 1. The second-order valence-corrected chi connectivity index (χ2v) is 5.76. The molecule has 0 aliphatic heterocycles. The molecule has 0 radical (unpaired) electrons. The third-order valence-corrected chi connectivity index (χ3v) is 4.14. The maximum atomic E-state index is 12.0. The number of halogens is 2. The summed E-state index contributed by atoms with van der Waals surface area (Å²) in [7, 11) is 0. The van der Waals surface area contributed by atoms with Gasteiger partial charge in [0.1, 0.15) is 0 Å². The van der Waals surface area contributed by atoms with Gasteiger partial charge >= 0.3 is 5.76 Å². The Morgan fingerprint density at radius 1 is 1.14 bits per heavy atom. The molecule has 22 heavy (non-hydrogen) atoms. The Balaban J connectivity index is 2.07. The normalized spacial score (nSPS) is 11.0. The highest BCUT2D eigenvalue weighted by atomic mass is 35.5. The molecule has 0 unspecified atom stereocenters. The lowest BCUT2D eigenvalue weighted by Crippen LogP contribution is -2.14. The summed E-state index contributed by atoms with van der Waals surface area (Å²) >= 11 is 11.9. The highest BCUT2D eigenvalue weighted by Gasteiger charge is 2.12. The van der Waals surface area contributed by atoms with Gasteiger partial charge in [-0.25, -0.2) is 4.79 Å². The van der Waals surface area contributed by atoms with Crippen molar-refractivity contribution in [3.05, 3.63) is 68.1 Å². The third-order valence-electron chi connectivity index (χ3n) is 3.40. The highest BCUT2D eigenvalue weighted by molar-refractivity contribution is 6.42. The summed E-state index contributed by atoms with van der Waals surface area (Å²) in [6.07, 6.45) is 0. The molecule has 0 amide bonds. The number of benzene rings is 2. The molecule has 0 aliphatic rings. The predicted molar refractivity (Wildman–Crippen MR) is 86.0 cm³/mol. The standard InChI is InChI=1S/C16H11Cl2NO3/c1-9(20)11-3-5-14-15(7-11)22-16(21)19(14)8-10-2-4-12(17)13(18)6-10/h2-7H,8H2,1H3. The van der Waals surface area contributed by atoms with Gasteiger partial charge < -0.3 is 4.42 Å². The van der Waals surface area contributed by atoms with Gasteiger partial charge in [-0.2, -0.15) is 0 Å². The molecule has 0 N–H and O–H groups in total. The second-order valence-electron chi connectivity index (χ2n) is 4.94. The van der Waals surface area contributed by atoms with E-state index in [4.69, 9.17) is 27.6 Å². The summed E-state index contributed by atoms with van der Waals surface area (Å²) in [4.78, 5) is 23.4. The number of carbonyl (C=O) groups is 1. The minimum absolute atomic E-state index is 0.0817. The number of ketones is 1. The summed E-state index contributed by atoms with van der Waals surface area (Å²) < 4.78 is 6.70. The van der Waals surface area contributed by atoms with Crippen molar-refractivity contribution in [1.82, 2.24) is 4.57 Å². The quantitative estimate of drug-likeness (QED) is 0.675. The number of nitrogens with zero attached hydrogens (tertiary/aromatic N) is 1. The number of aromatic nitrogens is 1. The summed E-state index contributed by atoms with van der Waals surface area (Å²) in [5.74, 6) is -0.566. The van der Waals surface area contributed by atoms with Crippen molar-refractivity contribution in [1.29, 1.82) is 0 Å². The zero-order valence-electron chi connectivity index (χ0n) is 11.6. The van der Waals surface area contributed by atoms with Crippen LogP contribution in [0.3, 0.4) is 0 Å². The summed E-state index contributed by atoms with van der Waals surface area (Å²) in [5.41, 5.74) is 2.34. The lowest BCUT2D eigenvalue weighted by Gasteiger charge is -2.04. The van der Waals surface area contributed by atoms with Crippen LogP contribution in [0.1, 0.15) is 22.8 Å². The fourth-order valence-electron chi connectivity index (χ4n) is 2.26. The number of fused-ring (bicyclic) bond motifs is 1. The number of carbonyl (C=O) groups excluding carboxylic acids is 1. The second kappa shape index (κ2) is 5.63. The van der Waals surface area contributed by atoms with Gasteiger partial charge in [-0.3, -0.25) is 9.36 Å². The molecular formula is C16H11Cl2NO3. The number of hydrogen-bond donors (Lipinski definition) is 0. The van der Waals surface area contributed by atoms with Crippen LogP contribution in [0, 0.1) is 0 Å². The van der Waals surface area contributed by atoms with Crippen LogP contribution in [0.4, 0.5) is 0 Å². The monoisotopic (exact) mass is 335 g/mol. The van der Waals surface area contributed by atoms with Crippen molar-refractivity contribution in [2.24, 2.45) is 0 Å². The number of hydrogen-bond acceptors (Lipinski definition) is 3. The van der Waals surface area contributed by atoms with Crippen LogP contribution < -0.4 is 5.76 Å². The van der Waals surface area contributed by atoms with E-state index in [9.17, 15) is 9.59 Å². The third kappa shape index (κ3) is 2.67. The molecule has 2 aromatic carbocycles. The van der Waals surface area contributed by atoms with E-state index >= 15 is 0 Å². The predicted octanol–water partition coefficient (Wildman–Crippen LogP) is 4.15. The van der Waals surface area contributed by atoms with Gasteiger partial charge in [0, 0.05) is 5.56 Å². The molecule has 3 rings (SSSR count). The van der Waals surface area contributed by atoms with Crippen molar-refractivity contribution in [3.8, 4) is 0 Å². The van der Waals surface area contributed by atoms with Gasteiger partial charge in [-0.1, -0.05) is 29.3 Å². The minimum Gasteiger partial charge on any atom is -0.408 e. The fraction of sp³-hybridized carbons (Fsp3) is 0.125. The molecule has 1 heterocycles. The molecule has 0 bridgehead atoms. The largest absolute Gasteiger partial charge is 0.420 e. The highest BCUT2D eigenvalue weighted by Crippen LogP contribution is 2.24. The van der Waals surface area contributed by atoms with E-state index in [-0.39, 0.29) is 5.78 Å². The molecule has 4 nitrogen and oxygen atoms in total. The topological polar surface area (TPSA) is 52.2 Å². The lowest BCUT2D eigenvalue weighted by molar-refractivity contribution is 0.101.